The second kappa shape index (κ2) is 6.21. The van der Waals surface area contributed by atoms with Crippen LogP contribution >= 0.6 is 11.8 Å². The van der Waals surface area contributed by atoms with Gasteiger partial charge >= 0.3 is 5.97 Å². The molecular formula is C12H17N3O3S. The van der Waals surface area contributed by atoms with Gasteiger partial charge in [0.05, 0.1) is 0 Å². The first kappa shape index (κ1) is 14.1. The molecule has 0 radical (unpaired) electrons. The number of aromatic nitrogens is 2. The van der Waals surface area contributed by atoms with Crippen molar-refractivity contribution in [2.24, 2.45) is 5.92 Å². The van der Waals surface area contributed by atoms with Crippen molar-refractivity contribution in [2.45, 2.75) is 30.5 Å². The predicted molar refractivity (Wildman–Crippen MR) is 72.6 cm³/mol. The number of aromatic carboxylic acids is 1. The molecule has 0 spiro atoms. The van der Waals surface area contributed by atoms with Crippen molar-refractivity contribution < 1.29 is 15.0 Å². The number of aliphatic hydroxyl groups excluding tert-OH is 1. The summed E-state index contributed by atoms with van der Waals surface area (Å²) in [6, 6.07) is 0.0766. The summed E-state index contributed by atoms with van der Waals surface area (Å²) in [7, 11) is 0. The van der Waals surface area contributed by atoms with Crippen molar-refractivity contribution in [1.82, 2.24) is 9.97 Å². The topological polar surface area (TPSA) is 95.3 Å². The standard InChI is InChI=1S/C12H17N3O3S/c1-19-12-13-5-8(11(17)18)10(15-12)14-9-4-2-3-7(9)6-16/h5,7,9,16H,2-4,6H2,1H3,(H,17,18)(H,13,14,15). The summed E-state index contributed by atoms with van der Waals surface area (Å²) in [6.07, 6.45) is 6.07. The van der Waals surface area contributed by atoms with E-state index in [2.05, 4.69) is 15.3 Å². The van der Waals surface area contributed by atoms with Gasteiger partial charge in [0.1, 0.15) is 11.4 Å². The molecule has 0 bridgehead atoms. The molecule has 0 aliphatic heterocycles. The molecule has 1 aliphatic rings. The van der Waals surface area contributed by atoms with Crippen LogP contribution in [-0.4, -0.2) is 45.1 Å². The van der Waals surface area contributed by atoms with Crippen LogP contribution in [0.5, 0.6) is 0 Å². The Hall–Kier alpha value is -1.34. The van der Waals surface area contributed by atoms with Crippen LogP contribution in [0.15, 0.2) is 11.4 Å². The summed E-state index contributed by atoms with van der Waals surface area (Å²) in [5, 5.41) is 22.1. The average molecular weight is 283 g/mol. The molecule has 0 saturated heterocycles. The van der Waals surface area contributed by atoms with Crippen molar-refractivity contribution >= 4 is 23.5 Å². The number of nitrogens with one attached hydrogen (secondary N) is 1. The summed E-state index contributed by atoms with van der Waals surface area (Å²) in [4.78, 5) is 19.4. The van der Waals surface area contributed by atoms with Gasteiger partial charge in [-0.1, -0.05) is 18.2 Å². The van der Waals surface area contributed by atoms with E-state index in [9.17, 15) is 9.90 Å². The maximum absolute atomic E-state index is 11.2. The third kappa shape index (κ3) is 3.16. The lowest BCUT2D eigenvalue weighted by molar-refractivity contribution is 0.0697. The number of hydrogen-bond donors (Lipinski definition) is 3. The fraction of sp³-hybridized carbons (Fsp3) is 0.583. The van der Waals surface area contributed by atoms with Crippen molar-refractivity contribution in [3.05, 3.63) is 11.8 Å². The number of nitrogens with zero attached hydrogens (tertiary/aromatic N) is 2. The van der Waals surface area contributed by atoms with E-state index in [1.807, 2.05) is 6.26 Å². The van der Waals surface area contributed by atoms with Crippen molar-refractivity contribution in [3.63, 3.8) is 0 Å². The highest BCUT2D eigenvalue weighted by Gasteiger charge is 2.28. The Morgan fingerprint density at radius 1 is 1.58 bits per heavy atom. The Morgan fingerprint density at radius 3 is 3.00 bits per heavy atom. The van der Waals surface area contributed by atoms with Crippen LogP contribution in [0.25, 0.3) is 0 Å². The summed E-state index contributed by atoms with van der Waals surface area (Å²) < 4.78 is 0. The zero-order chi connectivity index (χ0) is 13.8. The van der Waals surface area contributed by atoms with Gasteiger partial charge in [-0.3, -0.25) is 0 Å². The summed E-state index contributed by atoms with van der Waals surface area (Å²) in [5.41, 5.74) is 0.0707. The SMILES string of the molecule is CSc1ncc(C(=O)O)c(NC2CCCC2CO)n1. The van der Waals surface area contributed by atoms with E-state index in [1.54, 1.807) is 0 Å². The van der Waals surface area contributed by atoms with Gasteiger partial charge in [0.15, 0.2) is 5.16 Å². The number of carboxylic acids is 1. The molecular weight excluding hydrogens is 266 g/mol. The van der Waals surface area contributed by atoms with Crippen molar-refractivity contribution in [3.8, 4) is 0 Å². The molecule has 1 heterocycles. The van der Waals surface area contributed by atoms with Gasteiger partial charge in [0.25, 0.3) is 0 Å². The molecule has 1 aromatic heterocycles. The first-order chi connectivity index (χ1) is 9.15. The lowest BCUT2D eigenvalue weighted by Crippen LogP contribution is -2.28. The zero-order valence-electron chi connectivity index (χ0n) is 10.7. The number of aliphatic hydroxyl groups is 1. The Labute approximate surface area is 115 Å². The number of carbonyl (C=O) groups is 1. The highest BCUT2D eigenvalue weighted by Crippen LogP contribution is 2.29. The van der Waals surface area contributed by atoms with Crippen molar-refractivity contribution in [2.75, 3.05) is 18.2 Å². The molecule has 0 aromatic carbocycles. The molecule has 1 fully saturated rings. The Kier molecular flexibility index (Phi) is 4.60. The number of hydrogen-bond acceptors (Lipinski definition) is 6. The van der Waals surface area contributed by atoms with Gasteiger partial charge in [-0.05, 0) is 19.1 Å². The summed E-state index contributed by atoms with van der Waals surface area (Å²) >= 11 is 1.36. The molecule has 3 N–H and O–H groups in total. The molecule has 6 nitrogen and oxygen atoms in total. The van der Waals surface area contributed by atoms with Gasteiger partial charge in [-0.15, -0.1) is 0 Å². The zero-order valence-corrected chi connectivity index (χ0v) is 11.5. The Bertz CT molecular complexity index is 470. The van der Waals surface area contributed by atoms with Gasteiger partial charge in [0, 0.05) is 24.8 Å². The third-order valence-corrected chi connectivity index (χ3v) is 3.96. The monoisotopic (exact) mass is 283 g/mol. The molecule has 0 amide bonds. The lowest BCUT2D eigenvalue weighted by atomic mass is 10.1. The van der Waals surface area contributed by atoms with Crippen LogP contribution in [0.1, 0.15) is 29.6 Å². The summed E-state index contributed by atoms with van der Waals surface area (Å²) in [6.45, 7) is 0.112. The maximum Gasteiger partial charge on any atom is 0.341 e. The van der Waals surface area contributed by atoms with E-state index in [1.165, 1.54) is 18.0 Å². The number of carboxylic acid groups (broad SMARTS) is 1. The molecule has 2 rings (SSSR count). The van der Waals surface area contributed by atoms with Crippen LogP contribution in [0.2, 0.25) is 0 Å². The minimum atomic E-state index is -1.05. The second-order valence-corrected chi connectivity index (χ2v) is 5.32. The van der Waals surface area contributed by atoms with E-state index < -0.39 is 5.97 Å². The maximum atomic E-state index is 11.2. The third-order valence-electron chi connectivity index (χ3n) is 3.40. The van der Waals surface area contributed by atoms with E-state index in [4.69, 9.17) is 5.11 Å². The second-order valence-electron chi connectivity index (χ2n) is 4.55. The van der Waals surface area contributed by atoms with Crippen LogP contribution < -0.4 is 5.32 Å². The molecule has 1 saturated carbocycles. The highest BCUT2D eigenvalue weighted by molar-refractivity contribution is 7.98. The lowest BCUT2D eigenvalue weighted by Gasteiger charge is -2.20. The van der Waals surface area contributed by atoms with E-state index in [0.29, 0.717) is 11.0 Å². The number of thioether (sulfide) groups is 1. The minimum Gasteiger partial charge on any atom is -0.477 e. The van der Waals surface area contributed by atoms with Crippen LogP contribution in [0.4, 0.5) is 5.82 Å². The van der Waals surface area contributed by atoms with Gasteiger partial charge < -0.3 is 15.5 Å². The molecule has 1 aliphatic carbocycles. The van der Waals surface area contributed by atoms with E-state index >= 15 is 0 Å². The Balaban J connectivity index is 2.24. The predicted octanol–water partition coefficient (Wildman–Crippen LogP) is 1.47. The minimum absolute atomic E-state index is 0.0707. The van der Waals surface area contributed by atoms with Gasteiger partial charge in [-0.25, -0.2) is 14.8 Å². The van der Waals surface area contributed by atoms with Crippen molar-refractivity contribution in [1.29, 1.82) is 0 Å². The largest absolute Gasteiger partial charge is 0.477 e. The summed E-state index contributed by atoms with van der Waals surface area (Å²) in [5.74, 6) is -0.541. The van der Waals surface area contributed by atoms with Crippen LogP contribution in [-0.2, 0) is 0 Å². The van der Waals surface area contributed by atoms with E-state index in [-0.39, 0.29) is 24.1 Å². The molecule has 2 atom stereocenters. The van der Waals surface area contributed by atoms with E-state index in [0.717, 1.165) is 19.3 Å². The van der Waals surface area contributed by atoms with Gasteiger partial charge in [0.2, 0.25) is 0 Å². The quantitative estimate of drug-likeness (QED) is 0.556. The molecule has 1 aromatic rings. The fourth-order valence-corrected chi connectivity index (χ4v) is 2.69. The molecule has 2 unspecified atom stereocenters. The average Bonchev–Trinajstić information content (AvgIpc) is 2.85. The van der Waals surface area contributed by atoms with Crippen LogP contribution in [0, 0.1) is 5.92 Å². The first-order valence-electron chi connectivity index (χ1n) is 6.17. The fourth-order valence-electron chi connectivity index (χ4n) is 2.35. The number of anilines is 1. The normalized spacial score (nSPS) is 22.4. The van der Waals surface area contributed by atoms with Crippen LogP contribution in [0.3, 0.4) is 0 Å². The molecule has 104 valence electrons. The molecule has 19 heavy (non-hydrogen) atoms. The smallest absolute Gasteiger partial charge is 0.341 e. The highest BCUT2D eigenvalue weighted by atomic mass is 32.2. The molecule has 7 heteroatoms. The first-order valence-corrected chi connectivity index (χ1v) is 7.40. The van der Waals surface area contributed by atoms with Gasteiger partial charge in [-0.2, -0.15) is 0 Å². The number of rotatable bonds is 5. The Morgan fingerprint density at radius 2 is 2.37 bits per heavy atom.